The lowest BCUT2D eigenvalue weighted by Crippen LogP contribution is -2.21. The molecule has 17 heavy (non-hydrogen) atoms. The van der Waals surface area contributed by atoms with E-state index in [4.69, 9.17) is 5.14 Å². The van der Waals surface area contributed by atoms with Crippen LogP contribution in [0, 0.1) is 6.92 Å². The summed E-state index contributed by atoms with van der Waals surface area (Å²) >= 11 is 0. The molecule has 0 amide bonds. The van der Waals surface area contributed by atoms with Gasteiger partial charge in [-0.2, -0.15) is 8.42 Å². The topological polar surface area (TPSA) is 118 Å². The lowest BCUT2D eigenvalue weighted by molar-refractivity contribution is 0.602. The molecule has 1 aromatic carbocycles. The summed E-state index contributed by atoms with van der Waals surface area (Å²) in [6.07, 6.45) is 1.03. The predicted octanol–water partition coefficient (Wildman–Crippen LogP) is -0.0181. The van der Waals surface area contributed by atoms with Crippen LogP contribution < -0.4 is 14.6 Å². The maximum atomic E-state index is 11.0. The number of rotatable bonds is 4. The highest BCUT2D eigenvalue weighted by Crippen LogP contribution is 2.20. The molecule has 1 aromatic rings. The van der Waals surface area contributed by atoms with Crippen LogP contribution in [0.3, 0.4) is 0 Å². The van der Waals surface area contributed by atoms with E-state index in [-0.39, 0.29) is 5.69 Å². The van der Waals surface area contributed by atoms with Crippen molar-refractivity contribution >= 4 is 31.6 Å². The van der Waals surface area contributed by atoms with Gasteiger partial charge in [0.2, 0.25) is 10.0 Å². The number of sulfonamides is 1. The molecule has 0 aliphatic rings. The number of nitrogens with two attached hydrogens (primary N) is 1. The van der Waals surface area contributed by atoms with Crippen molar-refractivity contribution in [3.63, 3.8) is 0 Å². The van der Waals surface area contributed by atoms with E-state index >= 15 is 0 Å². The maximum Gasteiger partial charge on any atom is 0.296 e. The average Bonchev–Trinajstić information content (AvgIpc) is 2.05. The molecule has 0 aliphatic heterocycles. The molecule has 0 unspecified atom stereocenters. The zero-order chi connectivity index (χ0) is 13.3. The highest BCUT2D eigenvalue weighted by Gasteiger charge is 2.07. The first-order valence-electron chi connectivity index (χ1n) is 4.46. The average molecular weight is 279 g/mol. The molecule has 0 saturated carbocycles. The first-order valence-corrected chi connectivity index (χ1v) is 7.89. The molecule has 9 heteroatoms. The molecule has 7 nitrogen and oxygen atoms in total. The van der Waals surface area contributed by atoms with Crippen molar-refractivity contribution in [2.45, 2.75) is 6.92 Å². The molecule has 1 rings (SSSR count). The van der Waals surface area contributed by atoms with Crippen LogP contribution in [0.4, 0.5) is 11.4 Å². The standard InChI is InChI=1S/C8H13N3O4S2/c1-6-5-7(10-17(9,14)15)3-4-8(6)11-16(2,12)13/h3-5,10-11H,1-2H3,(H2,9,14,15). The van der Waals surface area contributed by atoms with Crippen LogP contribution in [0.5, 0.6) is 0 Å². The van der Waals surface area contributed by atoms with Crippen molar-refractivity contribution in [2.75, 3.05) is 15.7 Å². The summed E-state index contributed by atoms with van der Waals surface area (Å²) in [6.45, 7) is 1.64. The zero-order valence-corrected chi connectivity index (χ0v) is 10.9. The van der Waals surface area contributed by atoms with Crippen LogP contribution in [0.25, 0.3) is 0 Å². The van der Waals surface area contributed by atoms with E-state index in [1.807, 2.05) is 0 Å². The van der Waals surface area contributed by atoms with Gasteiger partial charge in [-0.05, 0) is 30.7 Å². The molecule has 0 saturated heterocycles. The molecular formula is C8H13N3O4S2. The maximum absolute atomic E-state index is 11.0. The van der Waals surface area contributed by atoms with Gasteiger partial charge in [-0.3, -0.25) is 9.44 Å². The van der Waals surface area contributed by atoms with E-state index in [2.05, 4.69) is 9.44 Å². The highest BCUT2D eigenvalue weighted by atomic mass is 32.2. The third-order valence-electron chi connectivity index (χ3n) is 1.78. The molecule has 0 heterocycles. The third kappa shape index (κ3) is 5.02. The van der Waals surface area contributed by atoms with Gasteiger partial charge >= 0.3 is 0 Å². The molecular weight excluding hydrogens is 266 g/mol. The van der Waals surface area contributed by atoms with Gasteiger partial charge in [0, 0.05) is 0 Å². The van der Waals surface area contributed by atoms with E-state index in [0.29, 0.717) is 11.3 Å². The van der Waals surface area contributed by atoms with E-state index in [9.17, 15) is 16.8 Å². The Morgan fingerprint density at radius 1 is 1.12 bits per heavy atom. The Hall–Kier alpha value is -1.32. The Morgan fingerprint density at radius 3 is 2.12 bits per heavy atom. The summed E-state index contributed by atoms with van der Waals surface area (Å²) in [7, 11) is -7.19. The fraction of sp³-hybridized carbons (Fsp3) is 0.250. The second-order valence-corrected chi connectivity index (χ2v) is 6.59. The van der Waals surface area contributed by atoms with Crippen LogP contribution in [0.15, 0.2) is 18.2 Å². The fourth-order valence-corrected chi connectivity index (χ4v) is 2.29. The molecule has 4 N–H and O–H groups in total. The Morgan fingerprint density at radius 2 is 1.71 bits per heavy atom. The first kappa shape index (κ1) is 13.7. The van der Waals surface area contributed by atoms with Gasteiger partial charge in [0.05, 0.1) is 17.6 Å². The summed E-state index contributed by atoms with van der Waals surface area (Å²) in [5.41, 5.74) is 1.22. The van der Waals surface area contributed by atoms with Gasteiger partial charge < -0.3 is 0 Å². The van der Waals surface area contributed by atoms with Crippen molar-refractivity contribution in [1.29, 1.82) is 0 Å². The molecule has 0 radical (unpaired) electrons. The molecule has 0 aliphatic carbocycles. The predicted molar refractivity (Wildman–Crippen MR) is 66.4 cm³/mol. The summed E-state index contributed by atoms with van der Waals surface area (Å²) < 4.78 is 48.0. The van der Waals surface area contributed by atoms with Crippen LogP contribution in [-0.4, -0.2) is 23.1 Å². The number of benzene rings is 1. The molecule has 96 valence electrons. The van der Waals surface area contributed by atoms with E-state index < -0.39 is 20.2 Å². The molecule has 0 bridgehead atoms. The number of anilines is 2. The van der Waals surface area contributed by atoms with Gasteiger partial charge in [0.15, 0.2) is 0 Å². The van der Waals surface area contributed by atoms with Gasteiger partial charge in [0.25, 0.3) is 10.2 Å². The molecule has 0 atom stereocenters. The molecule has 0 fully saturated rings. The molecule has 0 aromatic heterocycles. The Bertz CT molecular complexity index is 622. The lowest BCUT2D eigenvalue weighted by Gasteiger charge is -2.10. The van der Waals surface area contributed by atoms with Crippen molar-refractivity contribution in [1.82, 2.24) is 0 Å². The molecule has 0 spiro atoms. The Kier molecular flexibility index (Phi) is 3.65. The van der Waals surface area contributed by atoms with Gasteiger partial charge in [-0.15, -0.1) is 0 Å². The van der Waals surface area contributed by atoms with E-state index in [0.717, 1.165) is 6.26 Å². The Labute approximate surface area is 100 Å². The minimum absolute atomic E-state index is 0.268. The van der Waals surface area contributed by atoms with Gasteiger partial charge in [-0.1, -0.05) is 0 Å². The number of aryl methyl sites for hydroxylation is 1. The van der Waals surface area contributed by atoms with Crippen molar-refractivity contribution in [3.05, 3.63) is 23.8 Å². The summed E-state index contributed by atoms with van der Waals surface area (Å²) in [4.78, 5) is 0. The number of nitrogens with one attached hydrogen (secondary N) is 2. The lowest BCUT2D eigenvalue weighted by atomic mass is 10.2. The minimum atomic E-state index is -3.83. The van der Waals surface area contributed by atoms with Crippen LogP contribution >= 0.6 is 0 Å². The fourth-order valence-electron chi connectivity index (χ4n) is 1.21. The second-order valence-electron chi connectivity index (χ2n) is 3.55. The zero-order valence-electron chi connectivity index (χ0n) is 9.26. The third-order valence-corrected chi connectivity index (χ3v) is 2.89. The van der Waals surface area contributed by atoms with Crippen LogP contribution in [-0.2, 0) is 20.2 Å². The Balaban J connectivity index is 3.02. The first-order chi connectivity index (χ1) is 7.57. The highest BCUT2D eigenvalue weighted by molar-refractivity contribution is 7.92. The van der Waals surface area contributed by atoms with Gasteiger partial charge in [0.1, 0.15) is 0 Å². The van der Waals surface area contributed by atoms with E-state index in [1.165, 1.54) is 18.2 Å². The quantitative estimate of drug-likeness (QED) is 0.717. The second kappa shape index (κ2) is 4.51. The SMILES string of the molecule is Cc1cc(NS(N)(=O)=O)ccc1NS(C)(=O)=O. The minimum Gasteiger partial charge on any atom is -0.284 e. The smallest absolute Gasteiger partial charge is 0.284 e. The monoisotopic (exact) mass is 279 g/mol. The summed E-state index contributed by atoms with van der Waals surface area (Å²) in [6, 6.07) is 4.33. The normalized spacial score (nSPS) is 12.2. The van der Waals surface area contributed by atoms with Gasteiger partial charge in [-0.25, -0.2) is 13.6 Å². The largest absolute Gasteiger partial charge is 0.296 e. The van der Waals surface area contributed by atoms with Crippen molar-refractivity contribution in [3.8, 4) is 0 Å². The number of hydrogen-bond donors (Lipinski definition) is 3. The van der Waals surface area contributed by atoms with Crippen LogP contribution in [0.2, 0.25) is 0 Å². The van der Waals surface area contributed by atoms with Crippen molar-refractivity contribution < 1.29 is 16.8 Å². The van der Waals surface area contributed by atoms with Crippen LogP contribution in [0.1, 0.15) is 5.56 Å². The summed E-state index contributed by atoms with van der Waals surface area (Å²) in [5.74, 6) is 0. The van der Waals surface area contributed by atoms with Crippen molar-refractivity contribution in [2.24, 2.45) is 5.14 Å². The summed E-state index contributed by atoms with van der Waals surface area (Å²) in [5, 5.41) is 4.81. The van der Waals surface area contributed by atoms with E-state index in [1.54, 1.807) is 6.92 Å². The number of hydrogen-bond acceptors (Lipinski definition) is 4.